The van der Waals surface area contributed by atoms with Gasteiger partial charge in [0.25, 0.3) is 0 Å². The topological polar surface area (TPSA) is 155 Å². The van der Waals surface area contributed by atoms with Crippen molar-refractivity contribution in [3.63, 3.8) is 0 Å². The molecule has 0 aromatic rings. The predicted molar refractivity (Wildman–Crippen MR) is 316 cm³/mol. The molecular formula is C64H103O11P. The number of phosphoric ester groups is 1. The summed E-state index contributed by atoms with van der Waals surface area (Å²) >= 11 is 0. The molecule has 0 heterocycles. The molecule has 0 fully saturated rings. The molecule has 0 bridgehead atoms. The van der Waals surface area contributed by atoms with Crippen molar-refractivity contribution in [2.75, 3.05) is 26.4 Å². The van der Waals surface area contributed by atoms with Crippen LogP contribution < -0.4 is 0 Å². The highest BCUT2D eigenvalue weighted by atomic mass is 31.2. The van der Waals surface area contributed by atoms with E-state index in [1.54, 1.807) is 0 Å². The standard InChI is InChI=1S/C64H103O11P/c1-4-7-10-13-16-19-22-25-27-29-30-32-33-36-38-41-44-47-50-53-62(66)71-57-61(75-64(68)55-52-49-46-43-40-37-34-31-28-26-23-20-17-14-11-8-5-2)59-73-76(69,70)72-58-60(56-65)74-63(67)54-51-48-45-42-39-35-24-21-18-15-12-9-6-3/h7,9-10,12,16,18-19,21,25-28,30,32,35-36,38-39,44-45,47-48,60-61,65H,4-6,8,11,13-15,17,20,22-24,29,31,33-34,37,40-43,46,49-59H2,1-3H3,(H,69,70)/b10-7-,12-9-,19-16-,21-18-,27-25-,28-26-,32-30-,38-36-,39-35-,47-44-,48-45-. The molecule has 2 N–H and O–H groups in total. The summed E-state index contributed by atoms with van der Waals surface area (Å²) in [5.74, 6) is -1.67. The number of aliphatic hydroxyl groups excluding tert-OH is 1. The van der Waals surface area contributed by atoms with Crippen LogP contribution in [0.3, 0.4) is 0 Å². The van der Waals surface area contributed by atoms with Gasteiger partial charge in [-0.3, -0.25) is 23.4 Å². The molecule has 430 valence electrons. The third kappa shape index (κ3) is 54.4. The second-order valence-corrected chi connectivity index (χ2v) is 20.1. The van der Waals surface area contributed by atoms with Crippen molar-refractivity contribution < 1.29 is 52.2 Å². The van der Waals surface area contributed by atoms with Crippen LogP contribution in [0.4, 0.5) is 0 Å². The summed E-state index contributed by atoms with van der Waals surface area (Å²) in [7, 11) is -4.79. The minimum Gasteiger partial charge on any atom is -0.462 e. The second kappa shape index (κ2) is 56.8. The summed E-state index contributed by atoms with van der Waals surface area (Å²) < 4.78 is 39.3. The Labute approximate surface area is 461 Å². The van der Waals surface area contributed by atoms with Gasteiger partial charge in [0.2, 0.25) is 0 Å². The minimum atomic E-state index is -4.79. The highest BCUT2D eigenvalue weighted by Crippen LogP contribution is 2.43. The molecule has 3 unspecified atom stereocenters. The van der Waals surface area contributed by atoms with Gasteiger partial charge in [-0.05, 0) is 109 Å². The first-order valence-corrected chi connectivity index (χ1v) is 30.6. The first-order valence-electron chi connectivity index (χ1n) is 29.1. The van der Waals surface area contributed by atoms with E-state index >= 15 is 0 Å². The second-order valence-electron chi connectivity index (χ2n) is 18.7. The fourth-order valence-electron chi connectivity index (χ4n) is 7.21. The molecule has 3 atom stereocenters. The quantitative estimate of drug-likeness (QED) is 0.0197. The number of hydrogen-bond donors (Lipinski definition) is 2. The largest absolute Gasteiger partial charge is 0.472 e. The molecule has 0 rings (SSSR count). The molecule has 0 amide bonds. The van der Waals surface area contributed by atoms with Crippen LogP contribution in [0.2, 0.25) is 0 Å². The van der Waals surface area contributed by atoms with Gasteiger partial charge in [-0.25, -0.2) is 4.57 Å². The Morgan fingerprint density at radius 3 is 1.13 bits per heavy atom. The molecule has 0 aromatic carbocycles. The number of esters is 3. The number of aliphatic hydroxyl groups is 1. The van der Waals surface area contributed by atoms with Gasteiger partial charge in [0.1, 0.15) is 12.7 Å². The van der Waals surface area contributed by atoms with Gasteiger partial charge in [-0.1, -0.05) is 219 Å². The lowest BCUT2D eigenvalue weighted by molar-refractivity contribution is -0.161. The summed E-state index contributed by atoms with van der Waals surface area (Å²) in [6.45, 7) is 4.22. The van der Waals surface area contributed by atoms with Crippen molar-refractivity contribution >= 4 is 25.7 Å². The van der Waals surface area contributed by atoms with Crippen LogP contribution in [-0.4, -0.2) is 66.5 Å². The number of phosphoric acid groups is 1. The van der Waals surface area contributed by atoms with E-state index in [-0.39, 0.29) is 19.3 Å². The third-order valence-electron chi connectivity index (χ3n) is 11.6. The summed E-state index contributed by atoms with van der Waals surface area (Å²) in [6, 6.07) is 0. The summed E-state index contributed by atoms with van der Waals surface area (Å²) in [4.78, 5) is 48.5. The van der Waals surface area contributed by atoms with E-state index in [1.165, 1.54) is 57.8 Å². The fourth-order valence-corrected chi connectivity index (χ4v) is 8.00. The number of rotatable bonds is 52. The van der Waals surface area contributed by atoms with E-state index in [9.17, 15) is 28.9 Å². The van der Waals surface area contributed by atoms with Crippen molar-refractivity contribution in [1.29, 1.82) is 0 Å². The van der Waals surface area contributed by atoms with E-state index < -0.39 is 64.4 Å². The zero-order valence-electron chi connectivity index (χ0n) is 47.4. The van der Waals surface area contributed by atoms with Gasteiger partial charge in [-0.15, -0.1) is 0 Å². The van der Waals surface area contributed by atoms with Crippen molar-refractivity contribution in [1.82, 2.24) is 0 Å². The Balaban J connectivity index is 4.91. The predicted octanol–water partition coefficient (Wildman–Crippen LogP) is 17.4. The first kappa shape index (κ1) is 71.6. The average Bonchev–Trinajstić information content (AvgIpc) is 3.41. The van der Waals surface area contributed by atoms with Gasteiger partial charge in [0.05, 0.1) is 19.8 Å². The molecule has 12 heteroatoms. The number of hydrogen-bond acceptors (Lipinski definition) is 10. The van der Waals surface area contributed by atoms with Crippen LogP contribution in [0.15, 0.2) is 134 Å². The molecular weight excluding hydrogens is 976 g/mol. The Kier molecular flexibility index (Phi) is 53.5. The summed E-state index contributed by atoms with van der Waals surface area (Å²) in [5.41, 5.74) is 0. The number of ether oxygens (including phenoxy) is 3. The maximum atomic E-state index is 12.9. The Hall–Kier alpha value is -4.38. The van der Waals surface area contributed by atoms with Crippen LogP contribution in [0.1, 0.15) is 213 Å². The van der Waals surface area contributed by atoms with Crippen LogP contribution in [0, 0.1) is 0 Å². The number of carbonyl (C=O) groups excluding carboxylic acids is 3. The van der Waals surface area contributed by atoms with Crippen molar-refractivity contribution in [3.05, 3.63) is 134 Å². The number of carbonyl (C=O) groups is 3. The molecule has 0 aliphatic heterocycles. The maximum absolute atomic E-state index is 12.9. The third-order valence-corrected chi connectivity index (χ3v) is 12.5. The van der Waals surface area contributed by atoms with Crippen molar-refractivity contribution in [2.45, 2.75) is 226 Å². The zero-order chi connectivity index (χ0) is 55.5. The van der Waals surface area contributed by atoms with Gasteiger partial charge >= 0.3 is 25.7 Å². The minimum absolute atomic E-state index is 0.0443. The SMILES string of the molecule is CC/C=C\C/C=C\C/C=C\C/C=C\C/C=C\C/C=C\CCC(=O)OCC(COP(=O)(O)OCC(CO)OC(=O)CC/C=C\C/C=C\C/C=C\C/C=C\CC)OC(=O)CCCCCCCCC/C=C\CCCCCCCC. The van der Waals surface area contributed by atoms with Crippen molar-refractivity contribution in [2.24, 2.45) is 0 Å². The monoisotopic (exact) mass is 1080 g/mol. The Bertz CT molecular complexity index is 1780. The highest BCUT2D eigenvalue weighted by molar-refractivity contribution is 7.47. The lowest BCUT2D eigenvalue weighted by Crippen LogP contribution is -2.30. The molecule has 0 saturated heterocycles. The van der Waals surface area contributed by atoms with E-state index in [1.807, 2.05) is 30.4 Å². The molecule has 0 aliphatic rings. The molecule has 76 heavy (non-hydrogen) atoms. The van der Waals surface area contributed by atoms with Crippen LogP contribution in [0.5, 0.6) is 0 Å². The van der Waals surface area contributed by atoms with Crippen molar-refractivity contribution in [3.8, 4) is 0 Å². The molecule has 0 aliphatic carbocycles. The van der Waals surface area contributed by atoms with Gasteiger partial charge in [-0.2, -0.15) is 0 Å². The normalized spacial score (nSPS) is 14.3. The van der Waals surface area contributed by atoms with E-state index in [4.69, 9.17) is 23.3 Å². The lowest BCUT2D eigenvalue weighted by Gasteiger charge is -2.21. The molecule has 0 saturated carbocycles. The lowest BCUT2D eigenvalue weighted by atomic mass is 10.1. The fraction of sp³-hybridized carbons (Fsp3) is 0.609. The number of allylic oxidation sites excluding steroid dienone is 22. The van der Waals surface area contributed by atoms with E-state index in [0.717, 1.165) is 96.3 Å². The van der Waals surface area contributed by atoms with Crippen LogP contribution in [-0.2, 0) is 42.2 Å². The van der Waals surface area contributed by atoms with Gasteiger partial charge in [0.15, 0.2) is 6.10 Å². The van der Waals surface area contributed by atoms with Gasteiger partial charge in [0, 0.05) is 19.3 Å². The smallest absolute Gasteiger partial charge is 0.462 e. The molecule has 0 aromatic heterocycles. The highest BCUT2D eigenvalue weighted by Gasteiger charge is 2.28. The average molecular weight is 1080 g/mol. The molecule has 11 nitrogen and oxygen atoms in total. The summed E-state index contributed by atoms with van der Waals surface area (Å²) in [6.07, 6.45) is 71.6. The zero-order valence-corrected chi connectivity index (χ0v) is 48.3. The Morgan fingerprint density at radius 2 is 0.711 bits per heavy atom. The molecule has 0 radical (unpaired) electrons. The van der Waals surface area contributed by atoms with E-state index in [0.29, 0.717) is 19.3 Å². The van der Waals surface area contributed by atoms with Crippen LogP contribution in [0.25, 0.3) is 0 Å². The molecule has 0 spiro atoms. The maximum Gasteiger partial charge on any atom is 0.472 e. The first-order chi connectivity index (χ1) is 37.2. The van der Waals surface area contributed by atoms with Crippen LogP contribution >= 0.6 is 7.82 Å². The Morgan fingerprint density at radius 1 is 0.382 bits per heavy atom. The number of unbranched alkanes of at least 4 members (excludes halogenated alkanes) is 13. The summed E-state index contributed by atoms with van der Waals surface area (Å²) in [5, 5.41) is 9.79. The van der Waals surface area contributed by atoms with Gasteiger partial charge < -0.3 is 24.2 Å². The van der Waals surface area contributed by atoms with E-state index in [2.05, 4.69) is 124 Å².